The van der Waals surface area contributed by atoms with E-state index in [4.69, 9.17) is 15.2 Å². The van der Waals surface area contributed by atoms with Gasteiger partial charge < -0.3 is 20.5 Å². The maximum Gasteiger partial charge on any atom is 0.193 e. The minimum Gasteiger partial charge on any atom is -0.493 e. The van der Waals surface area contributed by atoms with Crippen LogP contribution in [0.2, 0.25) is 0 Å². The van der Waals surface area contributed by atoms with Gasteiger partial charge in [0.05, 0.1) is 20.8 Å². The summed E-state index contributed by atoms with van der Waals surface area (Å²) in [7, 11) is 3.23. The highest BCUT2D eigenvalue weighted by molar-refractivity contribution is 5.92. The predicted molar refractivity (Wildman–Crippen MR) is 99.0 cm³/mol. The molecule has 0 amide bonds. The summed E-state index contributed by atoms with van der Waals surface area (Å²) >= 11 is 0. The van der Waals surface area contributed by atoms with Gasteiger partial charge in [0.1, 0.15) is 0 Å². The maximum atomic E-state index is 5.99. The van der Waals surface area contributed by atoms with E-state index in [2.05, 4.69) is 36.3 Å². The van der Waals surface area contributed by atoms with Crippen LogP contribution in [0.4, 0.5) is 5.69 Å². The zero-order valence-electron chi connectivity index (χ0n) is 14.7. The second kappa shape index (κ2) is 8.24. The Hall–Kier alpha value is -2.69. The van der Waals surface area contributed by atoms with E-state index in [0.717, 1.165) is 11.3 Å². The molecule has 2 aromatic rings. The molecule has 0 fully saturated rings. The van der Waals surface area contributed by atoms with E-state index in [9.17, 15) is 0 Å². The number of anilines is 1. The third-order valence-corrected chi connectivity index (χ3v) is 3.71. The summed E-state index contributed by atoms with van der Waals surface area (Å²) in [4.78, 5) is 4.38. The monoisotopic (exact) mass is 327 g/mol. The van der Waals surface area contributed by atoms with Gasteiger partial charge >= 0.3 is 0 Å². The zero-order chi connectivity index (χ0) is 17.5. The Morgan fingerprint density at radius 1 is 1.08 bits per heavy atom. The molecule has 0 saturated heterocycles. The average Bonchev–Trinajstić information content (AvgIpc) is 2.59. The summed E-state index contributed by atoms with van der Waals surface area (Å²) in [6, 6.07) is 13.9. The van der Waals surface area contributed by atoms with Gasteiger partial charge in [-0.3, -0.25) is 0 Å². The van der Waals surface area contributed by atoms with Crippen molar-refractivity contribution in [3.63, 3.8) is 0 Å². The number of nitrogens with two attached hydrogens (primary N) is 1. The lowest BCUT2D eigenvalue weighted by Gasteiger charge is -2.10. The molecule has 0 saturated carbocycles. The summed E-state index contributed by atoms with van der Waals surface area (Å²) in [5, 5.41) is 3.13. The van der Waals surface area contributed by atoms with Crippen LogP contribution < -0.4 is 20.5 Å². The molecular formula is C19H25N3O2. The molecule has 0 aliphatic heterocycles. The van der Waals surface area contributed by atoms with Crippen molar-refractivity contribution in [1.29, 1.82) is 0 Å². The number of methoxy groups -OCH3 is 2. The van der Waals surface area contributed by atoms with E-state index >= 15 is 0 Å². The molecule has 0 bridgehead atoms. The topological polar surface area (TPSA) is 68.9 Å². The fourth-order valence-electron chi connectivity index (χ4n) is 2.32. The fraction of sp³-hybridized carbons (Fsp3) is 0.316. The van der Waals surface area contributed by atoms with Gasteiger partial charge in [-0.2, -0.15) is 0 Å². The molecule has 0 aromatic heterocycles. The number of guanidine groups is 1. The van der Waals surface area contributed by atoms with Gasteiger partial charge in [-0.05, 0) is 41.3 Å². The van der Waals surface area contributed by atoms with Crippen molar-refractivity contribution in [3.05, 3.63) is 53.6 Å². The first-order chi connectivity index (χ1) is 11.5. The molecule has 0 atom stereocenters. The van der Waals surface area contributed by atoms with Gasteiger partial charge in [0, 0.05) is 5.69 Å². The van der Waals surface area contributed by atoms with Crippen LogP contribution in [0.25, 0.3) is 0 Å². The molecule has 5 heteroatoms. The van der Waals surface area contributed by atoms with E-state index in [-0.39, 0.29) is 0 Å². The summed E-state index contributed by atoms with van der Waals surface area (Å²) < 4.78 is 10.5. The first kappa shape index (κ1) is 17.7. The van der Waals surface area contributed by atoms with Crippen LogP contribution in [0.5, 0.6) is 11.5 Å². The Kier molecular flexibility index (Phi) is 6.07. The Labute approximate surface area is 143 Å². The van der Waals surface area contributed by atoms with Crippen LogP contribution in [0.3, 0.4) is 0 Å². The third-order valence-electron chi connectivity index (χ3n) is 3.71. The Balaban J connectivity index is 2.05. The number of benzene rings is 2. The van der Waals surface area contributed by atoms with Crippen LogP contribution in [-0.4, -0.2) is 20.2 Å². The number of ether oxygens (including phenoxy) is 2. The van der Waals surface area contributed by atoms with Gasteiger partial charge in [0.2, 0.25) is 0 Å². The predicted octanol–water partition coefficient (Wildman–Crippen LogP) is 3.75. The van der Waals surface area contributed by atoms with Gasteiger partial charge in [0.15, 0.2) is 17.5 Å². The zero-order valence-corrected chi connectivity index (χ0v) is 14.7. The van der Waals surface area contributed by atoms with Gasteiger partial charge in [-0.25, -0.2) is 4.99 Å². The summed E-state index contributed by atoms with van der Waals surface area (Å²) in [5.41, 5.74) is 9.18. The highest BCUT2D eigenvalue weighted by atomic mass is 16.5. The van der Waals surface area contributed by atoms with E-state index < -0.39 is 0 Å². The minimum absolute atomic E-state index is 0.380. The second-order valence-electron chi connectivity index (χ2n) is 5.80. The molecule has 2 aromatic carbocycles. The lowest BCUT2D eigenvalue weighted by atomic mass is 10.0. The Bertz CT molecular complexity index is 712. The maximum absolute atomic E-state index is 5.99. The summed E-state index contributed by atoms with van der Waals surface area (Å²) in [6.45, 7) is 4.78. The lowest BCUT2D eigenvalue weighted by molar-refractivity contribution is 0.354. The second-order valence-corrected chi connectivity index (χ2v) is 5.80. The molecule has 3 N–H and O–H groups in total. The number of aliphatic imine (C=N–C) groups is 1. The molecule has 0 heterocycles. The summed E-state index contributed by atoms with van der Waals surface area (Å²) in [6.07, 6.45) is 0. The molecule has 0 spiro atoms. The van der Waals surface area contributed by atoms with Crippen LogP contribution >= 0.6 is 0 Å². The van der Waals surface area contributed by atoms with E-state index in [1.54, 1.807) is 14.2 Å². The van der Waals surface area contributed by atoms with Crippen LogP contribution in [0.1, 0.15) is 30.9 Å². The number of nitrogens with one attached hydrogen (secondary N) is 1. The van der Waals surface area contributed by atoms with Crippen molar-refractivity contribution in [3.8, 4) is 11.5 Å². The Morgan fingerprint density at radius 3 is 2.50 bits per heavy atom. The Morgan fingerprint density at radius 2 is 1.83 bits per heavy atom. The van der Waals surface area contributed by atoms with Crippen molar-refractivity contribution >= 4 is 11.6 Å². The van der Waals surface area contributed by atoms with Gasteiger partial charge in [-0.1, -0.05) is 32.0 Å². The van der Waals surface area contributed by atoms with Gasteiger partial charge in [0.25, 0.3) is 0 Å². The molecule has 2 rings (SSSR count). The quantitative estimate of drug-likeness (QED) is 0.626. The molecule has 24 heavy (non-hydrogen) atoms. The smallest absolute Gasteiger partial charge is 0.193 e. The van der Waals surface area contributed by atoms with E-state index in [1.807, 2.05) is 30.3 Å². The van der Waals surface area contributed by atoms with Crippen LogP contribution in [-0.2, 0) is 6.54 Å². The molecule has 0 radical (unpaired) electrons. The highest BCUT2D eigenvalue weighted by Gasteiger charge is 2.05. The normalized spacial score (nSPS) is 11.5. The SMILES string of the molecule is COc1ccc(CN=C(N)Nc2cccc(C(C)C)c2)cc1OC. The molecule has 128 valence electrons. The van der Waals surface area contributed by atoms with Crippen molar-refractivity contribution in [2.24, 2.45) is 10.7 Å². The van der Waals surface area contributed by atoms with E-state index in [1.165, 1.54) is 5.56 Å². The van der Waals surface area contributed by atoms with Gasteiger partial charge in [-0.15, -0.1) is 0 Å². The van der Waals surface area contributed by atoms with Crippen molar-refractivity contribution in [2.45, 2.75) is 26.3 Å². The highest BCUT2D eigenvalue weighted by Crippen LogP contribution is 2.27. The largest absolute Gasteiger partial charge is 0.493 e. The van der Waals surface area contributed by atoms with Crippen molar-refractivity contribution in [2.75, 3.05) is 19.5 Å². The third kappa shape index (κ3) is 4.65. The molecule has 0 unspecified atom stereocenters. The molecule has 0 aliphatic rings. The summed E-state index contributed by atoms with van der Waals surface area (Å²) in [5.74, 6) is 2.23. The van der Waals surface area contributed by atoms with E-state index in [0.29, 0.717) is 29.9 Å². The standard InChI is InChI=1S/C19H25N3O2/c1-13(2)15-6-5-7-16(11-15)22-19(20)21-12-14-8-9-17(23-3)18(10-14)24-4/h5-11,13H,12H2,1-4H3,(H3,20,21,22). The number of rotatable bonds is 6. The van der Waals surface area contributed by atoms with Crippen LogP contribution in [0.15, 0.2) is 47.5 Å². The first-order valence-corrected chi connectivity index (χ1v) is 7.91. The molecular weight excluding hydrogens is 302 g/mol. The average molecular weight is 327 g/mol. The first-order valence-electron chi connectivity index (χ1n) is 7.91. The van der Waals surface area contributed by atoms with Crippen molar-refractivity contribution in [1.82, 2.24) is 0 Å². The van der Waals surface area contributed by atoms with Crippen LogP contribution in [0, 0.1) is 0 Å². The number of hydrogen-bond donors (Lipinski definition) is 2. The minimum atomic E-state index is 0.380. The number of nitrogens with zero attached hydrogens (tertiary/aromatic N) is 1. The fourth-order valence-corrected chi connectivity index (χ4v) is 2.32. The van der Waals surface area contributed by atoms with Crippen molar-refractivity contribution < 1.29 is 9.47 Å². The lowest BCUT2D eigenvalue weighted by Crippen LogP contribution is -2.22. The number of hydrogen-bond acceptors (Lipinski definition) is 3. The molecule has 5 nitrogen and oxygen atoms in total. The molecule has 0 aliphatic carbocycles.